The van der Waals surface area contributed by atoms with Crippen LogP contribution in [0.5, 0.6) is 0 Å². The number of rotatable bonds is 6. The fraction of sp³-hybridized carbons (Fsp3) is 0.422. The van der Waals surface area contributed by atoms with Crippen LogP contribution in [0.15, 0.2) is 54.6 Å². The molecule has 59 heavy (non-hydrogen) atoms. The van der Waals surface area contributed by atoms with Crippen LogP contribution in [0.2, 0.25) is 0 Å². The minimum atomic E-state index is -0.676. The molecule has 3 saturated heterocycles. The number of imide groups is 1. The van der Waals surface area contributed by atoms with Crippen LogP contribution in [0.4, 0.5) is 10.5 Å². The van der Waals surface area contributed by atoms with Gasteiger partial charge in [0.15, 0.2) is 0 Å². The zero-order valence-electron chi connectivity index (χ0n) is 33.3. The smallest absolute Gasteiger partial charge is 0.317 e. The maximum Gasteiger partial charge on any atom is 0.317 e. The number of nitrogens with one attached hydrogen (secondary N) is 2. The highest BCUT2D eigenvalue weighted by molar-refractivity contribution is 6.05. The zero-order valence-corrected chi connectivity index (χ0v) is 33.3. The van der Waals surface area contributed by atoms with Crippen LogP contribution < -0.4 is 15.5 Å². The number of piperidine rings is 1. The molecule has 14 heteroatoms. The van der Waals surface area contributed by atoms with Gasteiger partial charge < -0.3 is 34.2 Å². The number of piperazine rings is 1. The normalized spacial score (nSPS) is 19.6. The minimum absolute atomic E-state index is 0.0799. The summed E-state index contributed by atoms with van der Waals surface area (Å²) in [5.74, 6) is 6.85. The molecule has 5 aliphatic heterocycles. The van der Waals surface area contributed by atoms with Crippen molar-refractivity contribution in [2.45, 2.75) is 70.6 Å². The van der Waals surface area contributed by atoms with E-state index >= 15 is 0 Å². The Morgan fingerprint density at radius 3 is 2.47 bits per heavy atom. The molecule has 0 bridgehead atoms. The van der Waals surface area contributed by atoms with Gasteiger partial charge in [0, 0.05) is 114 Å². The van der Waals surface area contributed by atoms with E-state index in [1.165, 1.54) is 4.90 Å². The van der Waals surface area contributed by atoms with Gasteiger partial charge in [0.1, 0.15) is 11.9 Å². The quantitative estimate of drug-likeness (QED) is 0.169. The fourth-order valence-electron chi connectivity index (χ4n) is 9.19. The summed E-state index contributed by atoms with van der Waals surface area (Å²) in [6.07, 6.45) is 2.85. The maximum absolute atomic E-state index is 13.1. The van der Waals surface area contributed by atoms with E-state index in [4.69, 9.17) is 9.72 Å². The van der Waals surface area contributed by atoms with E-state index in [1.54, 1.807) is 19.1 Å². The minimum Gasteiger partial charge on any atom is -0.381 e. The van der Waals surface area contributed by atoms with Crippen LogP contribution in [0, 0.1) is 11.8 Å². The number of urea groups is 1. The Hall–Kier alpha value is -6.20. The first-order valence-corrected chi connectivity index (χ1v) is 20.7. The van der Waals surface area contributed by atoms with Crippen molar-refractivity contribution in [3.05, 3.63) is 82.8 Å². The van der Waals surface area contributed by atoms with E-state index < -0.39 is 11.9 Å². The molecule has 5 aliphatic rings. The molecule has 9 rings (SSSR count). The Balaban J connectivity index is 0.812. The second-order valence-electron chi connectivity index (χ2n) is 15.9. The summed E-state index contributed by atoms with van der Waals surface area (Å²) in [5.41, 5.74) is 6.27. The van der Waals surface area contributed by atoms with E-state index in [0.717, 1.165) is 83.0 Å². The van der Waals surface area contributed by atoms with Gasteiger partial charge in [-0.2, -0.15) is 0 Å². The molecule has 3 fully saturated rings. The maximum atomic E-state index is 13.1. The van der Waals surface area contributed by atoms with Gasteiger partial charge in [-0.05, 0) is 59.9 Å². The summed E-state index contributed by atoms with van der Waals surface area (Å²) in [5, 5.41) is 7.58. The van der Waals surface area contributed by atoms with Crippen molar-refractivity contribution in [2.75, 3.05) is 57.4 Å². The first-order chi connectivity index (χ1) is 28.7. The molecule has 0 radical (unpaired) electrons. The molecule has 1 atom stereocenters. The Morgan fingerprint density at radius 1 is 0.898 bits per heavy atom. The Kier molecular flexibility index (Phi) is 10.5. The van der Waals surface area contributed by atoms with Gasteiger partial charge in [0.05, 0.1) is 17.9 Å². The highest BCUT2D eigenvalue weighted by atomic mass is 16.5. The van der Waals surface area contributed by atoms with Crippen molar-refractivity contribution in [2.24, 2.45) is 0 Å². The lowest BCUT2D eigenvalue weighted by Gasteiger charge is -2.36. The predicted molar refractivity (Wildman–Crippen MR) is 220 cm³/mol. The molecule has 0 aliphatic carbocycles. The molecule has 304 valence electrons. The third-order valence-corrected chi connectivity index (χ3v) is 12.5. The summed E-state index contributed by atoms with van der Waals surface area (Å²) in [6.45, 7) is 8.35. The van der Waals surface area contributed by atoms with Crippen molar-refractivity contribution < 1.29 is 28.7 Å². The molecule has 0 spiro atoms. The van der Waals surface area contributed by atoms with Crippen LogP contribution in [-0.4, -0.2) is 112 Å². The largest absolute Gasteiger partial charge is 0.381 e. The molecule has 1 unspecified atom stereocenters. The monoisotopic (exact) mass is 796 g/mol. The number of ether oxygens (including phenoxy) is 1. The Labute approximate surface area is 342 Å². The molecule has 4 aromatic rings. The first-order valence-electron chi connectivity index (χ1n) is 20.7. The third kappa shape index (κ3) is 7.51. The number of fused-ring (bicyclic) bond motifs is 3. The van der Waals surface area contributed by atoms with Gasteiger partial charge in [-0.15, -0.1) is 0 Å². The van der Waals surface area contributed by atoms with Crippen LogP contribution >= 0.6 is 0 Å². The van der Waals surface area contributed by atoms with Crippen molar-refractivity contribution in [3.63, 3.8) is 0 Å². The summed E-state index contributed by atoms with van der Waals surface area (Å²) < 4.78 is 8.03. The van der Waals surface area contributed by atoms with E-state index in [0.29, 0.717) is 70.1 Å². The van der Waals surface area contributed by atoms with E-state index in [1.807, 2.05) is 15.9 Å². The number of anilines is 1. The molecule has 2 N–H and O–H groups in total. The molecule has 14 nitrogen and oxygen atoms in total. The molecule has 1 aromatic heterocycles. The SMILES string of the molecule is CC(=O)N1CCn2c(C3CCOCC3)nc(-c3cccc4cc(N5CCN(C(=O)NCCC#Cc6cccc7c6CN(C6CCC(=O)NC6=O)C7=O)CC5)ccc34)c2C1. The van der Waals surface area contributed by atoms with E-state index in [2.05, 4.69) is 68.3 Å². The molecular weight excluding hydrogens is 749 g/mol. The number of nitrogens with zero attached hydrogens (tertiary/aromatic N) is 6. The highest BCUT2D eigenvalue weighted by Gasteiger charge is 2.40. The molecular formula is C45H48N8O6. The number of carbonyl (C=O) groups excluding carboxylic acids is 5. The number of hydrogen-bond donors (Lipinski definition) is 2. The Bertz CT molecular complexity index is 2420. The fourth-order valence-corrected chi connectivity index (χ4v) is 9.19. The van der Waals surface area contributed by atoms with Gasteiger partial charge in [0.25, 0.3) is 5.91 Å². The van der Waals surface area contributed by atoms with Crippen molar-refractivity contribution in [1.29, 1.82) is 0 Å². The number of amides is 6. The first kappa shape index (κ1) is 38.3. The lowest BCUT2D eigenvalue weighted by atomic mass is 9.99. The zero-order chi connectivity index (χ0) is 40.6. The number of benzene rings is 3. The average Bonchev–Trinajstić information content (AvgIpc) is 3.81. The summed E-state index contributed by atoms with van der Waals surface area (Å²) in [7, 11) is 0. The third-order valence-electron chi connectivity index (χ3n) is 12.5. The predicted octanol–water partition coefficient (Wildman–Crippen LogP) is 3.99. The second-order valence-corrected chi connectivity index (χ2v) is 15.9. The summed E-state index contributed by atoms with van der Waals surface area (Å²) in [4.78, 5) is 75.7. The number of aromatic nitrogens is 2. The Morgan fingerprint density at radius 2 is 1.68 bits per heavy atom. The standard InChI is InChI=1S/C45H48N8O6/c1-29(54)51-22-23-52-39(28-51)41(48-42(52)31-15-24-59-25-16-31)35-9-5-8-32-26-33(11-12-34(32)35)49-18-20-50(21-19-49)45(58)46-17-3-2-6-30-7-4-10-36-37(30)27-53(44(36)57)38-13-14-40(55)47-43(38)56/h4-5,7-12,26,31,38H,3,13-25,27-28H2,1H3,(H,46,58)(H,47,55,56). The van der Waals surface area contributed by atoms with Crippen LogP contribution in [0.25, 0.3) is 22.0 Å². The number of imidazole rings is 1. The molecule has 0 saturated carbocycles. The van der Waals surface area contributed by atoms with Gasteiger partial charge in [-0.25, -0.2) is 9.78 Å². The topological polar surface area (TPSA) is 149 Å². The number of carbonyl (C=O) groups is 5. The van der Waals surface area contributed by atoms with Gasteiger partial charge in [0.2, 0.25) is 17.7 Å². The lowest BCUT2D eigenvalue weighted by Crippen LogP contribution is -2.52. The molecule has 3 aromatic carbocycles. The van der Waals surface area contributed by atoms with Crippen molar-refractivity contribution in [3.8, 4) is 23.1 Å². The van der Waals surface area contributed by atoms with E-state index in [-0.39, 0.29) is 36.7 Å². The van der Waals surface area contributed by atoms with Crippen LogP contribution in [-0.2, 0) is 38.8 Å². The lowest BCUT2D eigenvalue weighted by molar-refractivity contribution is -0.137. The van der Waals surface area contributed by atoms with E-state index in [9.17, 15) is 24.0 Å². The van der Waals surface area contributed by atoms with Gasteiger partial charge >= 0.3 is 6.03 Å². The molecule has 6 amide bonds. The molecule has 6 heterocycles. The van der Waals surface area contributed by atoms with Gasteiger partial charge in [-0.3, -0.25) is 24.5 Å². The van der Waals surface area contributed by atoms with Gasteiger partial charge in [-0.1, -0.05) is 42.2 Å². The summed E-state index contributed by atoms with van der Waals surface area (Å²) >= 11 is 0. The highest BCUT2D eigenvalue weighted by Crippen LogP contribution is 2.38. The number of hydrogen-bond acceptors (Lipinski definition) is 8. The van der Waals surface area contributed by atoms with Crippen LogP contribution in [0.3, 0.4) is 0 Å². The second kappa shape index (κ2) is 16.2. The van der Waals surface area contributed by atoms with Crippen molar-refractivity contribution in [1.82, 2.24) is 34.9 Å². The average molecular weight is 797 g/mol. The van der Waals surface area contributed by atoms with Crippen LogP contribution in [0.1, 0.15) is 77.9 Å². The summed E-state index contributed by atoms with van der Waals surface area (Å²) in [6, 6.07) is 17.5. The van der Waals surface area contributed by atoms with Crippen molar-refractivity contribution >= 4 is 46.1 Å².